The number of nitrogens with one attached hydrogen (secondary N) is 1. The molecule has 0 spiro atoms. The van der Waals surface area contributed by atoms with E-state index in [1.54, 1.807) is 0 Å². The zero-order valence-corrected chi connectivity index (χ0v) is 31.1. The summed E-state index contributed by atoms with van der Waals surface area (Å²) in [6, 6.07) is 1.09. The Bertz CT molecular complexity index is 929. The highest BCUT2D eigenvalue weighted by atomic mass is 16.3. The van der Waals surface area contributed by atoms with E-state index in [4.69, 9.17) is 11.5 Å². The lowest BCUT2D eigenvalue weighted by Crippen LogP contribution is -2.59. The molecule has 0 heterocycles. The van der Waals surface area contributed by atoms with Gasteiger partial charge < -0.3 is 31.7 Å². The number of aliphatic hydroxyl groups excluding tert-OH is 1. The van der Waals surface area contributed by atoms with E-state index in [1.807, 2.05) is 0 Å². The highest BCUT2D eigenvalue weighted by Gasteiger charge is 2.62. The summed E-state index contributed by atoms with van der Waals surface area (Å²) in [5.74, 6) is 3.89. The van der Waals surface area contributed by atoms with Crippen LogP contribution in [0.4, 0.5) is 0 Å². The Morgan fingerprint density at radius 1 is 0.848 bits per heavy atom. The maximum atomic E-state index is 13.2. The molecule has 4 fully saturated rings. The van der Waals surface area contributed by atoms with Crippen molar-refractivity contribution in [2.45, 2.75) is 156 Å². The third-order valence-corrected chi connectivity index (χ3v) is 14.1. The number of nitrogens with two attached hydrogens (primary N) is 2. The fourth-order valence-electron chi connectivity index (χ4n) is 11.8. The Morgan fingerprint density at radius 3 is 2.09 bits per heavy atom. The summed E-state index contributed by atoms with van der Waals surface area (Å²) in [6.45, 7) is 22.0. The van der Waals surface area contributed by atoms with E-state index in [0.29, 0.717) is 64.7 Å². The zero-order chi connectivity index (χ0) is 33.6. The van der Waals surface area contributed by atoms with E-state index >= 15 is 0 Å². The zero-order valence-electron chi connectivity index (χ0n) is 31.1. The summed E-state index contributed by atoms with van der Waals surface area (Å²) in [5.41, 5.74) is 12.2. The second-order valence-corrected chi connectivity index (χ2v) is 17.4. The van der Waals surface area contributed by atoms with E-state index in [0.717, 1.165) is 65.0 Å². The van der Waals surface area contributed by atoms with Gasteiger partial charge in [-0.25, -0.2) is 0 Å². The van der Waals surface area contributed by atoms with E-state index in [9.17, 15) is 9.90 Å². The van der Waals surface area contributed by atoms with Gasteiger partial charge in [-0.1, -0.05) is 20.8 Å². The molecule has 0 aromatic rings. The van der Waals surface area contributed by atoms with Gasteiger partial charge in [0.05, 0.1) is 6.10 Å². The molecule has 0 aromatic heterocycles. The molecule has 0 bridgehead atoms. The molecule has 4 rings (SSSR count). The molecule has 6 N–H and O–H groups in total. The molecule has 0 aliphatic heterocycles. The third kappa shape index (κ3) is 8.34. The number of amides is 1. The van der Waals surface area contributed by atoms with Gasteiger partial charge in [0.2, 0.25) is 5.91 Å². The molecule has 0 saturated heterocycles. The van der Waals surface area contributed by atoms with Gasteiger partial charge in [-0.15, -0.1) is 0 Å². The highest BCUT2D eigenvalue weighted by molar-refractivity contribution is 5.76. The average Bonchev–Trinajstić information content (AvgIpc) is 3.36. The molecule has 10 atom stereocenters. The number of fused-ring (bicyclic) bond motifs is 5. The minimum Gasteiger partial charge on any atom is -0.393 e. The van der Waals surface area contributed by atoms with Gasteiger partial charge in [0, 0.05) is 24.5 Å². The monoisotopic (exact) mass is 646 g/mol. The Morgan fingerprint density at radius 2 is 1.46 bits per heavy atom. The second kappa shape index (κ2) is 16.8. The van der Waals surface area contributed by atoms with Crippen LogP contribution in [-0.4, -0.2) is 84.3 Å². The van der Waals surface area contributed by atoms with Gasteiger partial charge in [0.1, 0.15) is 0 Å². The van der Waals surface area contributed by atoms with Crippen LogP contribution in [0.3, 0.4) is 0 Å². The van der Waals surface area contributed by atoms with Crippen molar-refractivity contribution in [2.75, 3.05) is 39.3 Å². The molecule has 4 saturated carbocycles. The Labute approximate surface area is 283 Å². The van der Waals surface area contributed by atoms with Crippen LogP contribution in [0, 0.1) is 46.3 Å². The number of aliphatic hydroxyl groups is 1. The fourth-order valence-corrected chi connectivity index (χ4v) is 11.8. The number of hydrogen-bond donors (Lipinski definition) is 4. The largest absolute Gasteiger partial charge is 0.393 e. The maximum Gasteiger partial charge on any atom is 0.223 e. The van der Waals surface area contributed by atoms with E-state index in [2.05, 4.69) is 63.6 Å². The number of hydrogen-bond acceptors (Lipinski definition) is 6. The van der Waals surface area contributed by atoms with Crippen molar-refractivity contribution in [1.82, 2.24) is 15.1 Å². The summed E-state index contributed by atoms with van der Waals surface area (Å²) < 4.78 is 0. The van der Waals surface area contributed by atoms with Crippen molar-refractivity contribution in [3.05, 3.63) is 0 Å². The predicted molar refractivity (Wildman–Crippen MR) is 192 cm³/mol. The van der Waals surface area contributed by atoms with Gasteiger partial charge in [0.15, 0.2) is 0 Å². The fraction of sp³-hybridized carbons (Fsp3) is 0.974. The minimum absolute atomic E-state index is 0.161. The standard InChI is InChI=1S/C39H75N5O2/c1-27(2)44(28(3)4)36(46)14-11-29(5)32-12-13-33-37-34(16-18-39(32,33)7)38(6)17-15-31(25-30(38)26-35(37)45)42-21-10-24-43(22-8-19-40)23-9-20-41/h27-35,37,42,45H,8-26,40-41H2,1-7H3/t29-,30?,31+,32?,33?,34?,35-,37?,38+,39-/m1/s1. The van der Waals surface area contributed by atoms with Gasteiger partial charge in [0.25, 0.3) is 0 Å². The molecule has 1 amide bonds. The molecule has 7 nitrogen and oxygen atoms in total. The Balaban J connectivity index is 1.31. The van der Waals surface area contributed by atoms with Crippen molar-refractivity contribution in [1.29, 1.82) is 0 Å². The van der Waals surface area contributed by atoms with Gasteiger partial charge in [-0.05, 0) is 190 Å². The van der Waals surface area contributed by atoms with Gasteiger partial charge in [-0.3, -0.25) is 4.79 Å². The number of carbonyl (C=O) groups excluding carboxylic acids is 1. The van der Waals surface area contributed by atoms with Crippen LogP contribution in [0.25, 0.3) is 0 Å². The van der Waals surface area contributed by atoms with Crippen LogP contribution in [0.1, 0.15) is 132 Å². The summed E-state index contributed by atoms with van der Waals surface area (Å²) >= 11 is 0. The summed E-state index contributed by atoms with van der Waals surface area (Å²) in [5, 5.41) is 15.8. The Hall–Kier alpha value is -0.730. The van der Waals surface area contributed by atoms with Crippen LogP contribution >= 0.6 is 0 Å². The first-order valence-electron chi connectivity index (χ1n) is 19.7. The first-order chi connectivity index (χ1) is 21.9. The summed E-state index contributed by atoms with van der Waals surface area (Å²) in [4.78, 5) is 17.8. The lowest BCUT2D eigenvalue weighted by atomic mass is 9.43. The minimum atomic E-state index is -0.161. The highest BCUT2D eigenvalue weighted by Crippen LogP contribution is 2.68. The van der Waals surface area contributed by atoms with Crippen molar-refractivity contribution in [3.63, 3.8) is 0 Å². The smallest absolute Gasteiger partial charge is 0.223 e. The van der Waals surface area contributed by atoms with Crippen molar-refractivity contribution < 1.29 is 9.90 Å². The van der Waals surface area contributed by atoms with Crippen molar-refractivity contribution in [3.8, 4) is 0 Å². The number of nitrogens with zero attached hydrogens (tertiary/aromatic N) is 2. The van der Waals surface area contributed by atoms with Crippen LogP contribution in [0.5, 0.6) is 0 Å². The first kappa shape index (κ1) is 38.1. The van der Waals surface area contributed by atoms with Gasteiger partial charge >= 0.3 is 0 Å². The number of carbonyl (C=O) groups is 1. The second-order valence-electron chi connectivity index (χ2n) is 17.4. The topological polar surface area (TPSA) is 108 Å². The summed E-state index contributed by atoms with van der Waals surface area (Å²) in [7, 11) is 0. The molecular weight excluding hydrogens is 570 g/mol. The maximum absolute atomic E-state index is 13.2. The van der Waals surface area contributed by atoms with E-state index in [1.165, 1.54) is 51.4 Å². The molecule has 7 heteroatoms. The van der Waals surface area contributed by atoms with Crippen LogP contribution < -0.4 is 16.8 Å². The summed E-state index contributed by atoms with van der Waals surface area (Å²) in [6.07, 6.45) is 14.7. The SMILES string of the molecule is CC(C)N(C(=O)CC[C@@H](C)C1CCC2C3C(CC[C@@]21C)[C@@]1(C)CC[C@H](NCCCN(CCCN)CCCN)CC1C[C@H]3O)C(C)C. The van der Waals surface area contributed by atoms with E-state index in [-0.39, 0.29) is 18.2 Å². The molecule has 46 heavy (non-hydrogen) atoms. The van der Waals surface area contributed by atoms with Crippen molar-refractivity contribution in [2.24, 2.45) is 57.8 Å². The molecule has 0 radical (unpaired) electrons. The first-order valence-corrected chi connectivity index (χ1v) is 19.7. The van der Waals surface area contributed by atoms with Gasteiger partial charge in [-0.2, -0.15) is 0 Å². The Kier molecular flexibility index (Phi) is 13.9. The van der Waals surface area contributed by atoms with Crippen LogP contribution in [0.2, 0.25) is 0 Å². The van der Waals surface area contributed by atoms with Crippen molar-refractivity contribution >= 4 is 5.91 Å². The number of rotatable bonds is 17. The molecular formula is C39H75N5O2. The molecule has 4 aliphatic carbocycles. The predicted octanol–water partition coefficient (Wildman–Crippen LogP) is 6.03. The van der Waals surface area contributed by atoms with E-state index < -0.39 is 0 Å². The lowest BCUT2D eigenvalue weighted by molar-refractivity contribution is -0.167. The average molecular weight is 646 g/mol. The molecule has 0 aromatic carbocycles. The van der Waals surface area contributed by atoms with Crippen LogP contribution in [-0.2, 0) is 4.79 Å². The molecule has 5 unspecified atom stereocenters. The third-order valence-electron chi connectivity index (χ3n) is 14.1. The quantitative estimate of drug-likeness (QED) is 0.144. The van der Waals surface area contributed by atoms with Crippen LogP contribution in [0.15, 0.2) is 0 Å². The lowest BCUT2D eigenvalue weighted by Gasteiger charge is -2.62. The molecule has 268 valence electrons. The molecule has 4 aliphatic rings. The normalized spacial score (nSPS) is 36.5.